The zero-order valence-electron chi connectivity index (χ0n) is 28.7. The molecule has 4 rings (SSSR count). The first-order chi connectivity index (χ1) is 23.0. The minimum atomic E-state index is -1.30. The van der Waals surface area contributed by atoms with Crippen molar-refractivity contribution < 1.29 is 33.8 Å². The number of fused-ring (bicyclic) bond motifs is 1. The Bertz CT molecular complexity index is 1330. The van der Waals surface area contributed by atoms with Gasteiger partial charge in [0.05, 0.1) is 36.6 Å². The number of carbonyl (C=O) groups excluding carboxylic acids is 4. The number of likely N-dealkylation sites (tertiary alicyclic amines) is 1. The Morgan fingerprint density at radius 2 is 1.92 bits per heavy atom. The van der Waals surface area contributed by atoms with Gasteiger partial charge in [0.15, 0.2) is 0 Å². The van der Waals surface area contributed by atoms with Gasteiger partial charge >= 0.3 is 5.97 Å². The summed E-state index contributed by atoms with van der Waals surface area (Å²) in [6, 6.07) is 6.91. The summed E-state index contributed by atoms with van der Waals surface area (Å²) in [5, 5.41) is 13.6. The molecule has 10 nitrogen and oxygen atoms in total. The minimum absolute atomic E-state index is 0.122. The maximum atomic E-state index is 14.7. The second-order valence-corrected chi connectivity index (χ2v) is 14.6. The van der Waals surface area contributed by atoms with Crippen molar-refractivity contribution in [2.24, 2.45) is 17.8 Å². The SMILES string of the molecule is C=CCCC(=O)N[C@@H](C)[C@H](OC(=O)[C@@H]1[C@H]2O[C@@]3(CC2Br)[C@H](C(=O)N(CC=C)CCCC)N([C@@H](CO)[C@@H](C)CC)C(=O)[C@@H]13)c1ccccc1. The molecule has 48 heavy (non-hydrogen) atoms. The number of halogens is 1. The van der Waals surface area contributed by atoms with Crippen LogP contribution in [-0.2, 0) is 28.7 Å². The average Bonchev–Trinajstić information content (AvgIpc) is 3.68. The molecule has 1 unspecified atom stereocenters. The van der Waals surface area contributed by atoms with Gasteiger partial charge in [-0.2, -0.15) is 0 Å². The van der Waals surface area contributed by atoms with Crippen LogP contribution in [0.3, 0.4) is 0 Å². The van der Waals surface area contributed by atoms with E-state index in [0.717, 1.165) is 12.8 Å². The van der Waals surface area contributed by atoms with Gasteiger partial charge in [0.1, 0.15) is 17.7 Å². The molecule has 11 heteroatoms. The summed E-state index contributed by atoms with van der Waals surface area (Å²) in [4.78, 5) is 59.3. The smallest absolute Gasteiger partial charge is 0.313 e. The largest absolute Gasteiger partial charge is 0.455 e. The number of nitrogens with zero attached hydrogens (tertiary/aromatic N) is 2. The molecular formula is C37H52BrN3O7. The van der Waals surface area contributed by atoms with Crippen molar-refractivity contribution in [3.63, 3.8) is 0 Å². The van der Waals surface area contributed by atoms with Crippen LogP contribution in [0.4, 0.5) is 0 Å². The van der Waals surface area contributed by atoms with Crippen LogP contribution in [0.5, 0.6) is 0 Å². The average molecular weight is 731 g/mol. The second-order valence-electron chi connectivity index (χ2n) is 13.4. The molecule has 0 saturated carbocycles. The Balaban J connectivity index is 1.74. The molecule has 1 spiro atoms. The molecule has 3 heterocycles. The van der Waals surface area contributed by atoms with Gasteiger partial charge in [-0.25, -0.2) is 0 Å². The number of aliphatic hydroxyl groups excluding tert-OH is 1. The van der Waals surface area contributed by atoms with Gasteiger partial charge in [0.25, 0.3) is 0 Å². The first-order valence-electron chi connectivity index (χ1n) is 17.3. The number of aliphatic hydroxyl groups is 1. The van der Waals surface area contributed by atoms with Crippen molar-refractivity contribution >= 4 is 39.6 Å². The van der Waals surface area contributed by atoms with E-state index in [9.17, 15) is 24.3 Å². The minimum Gasteiger partial charge on any atom is -0.455 e. The highest BCUT2D eigenvalue weighted by Crippen LogP contribution is 2.61. The van der Waals surface area contributed by atoms with Crippen molar-refractivity contribution in [1.29, 1.82) is 0 Å². The number of unbranched alkanes of at least 4 members (excludes halogenated alkanes) is 1. The number of alkyl halides is 1. The molecule has 0 radical (unpaired) electrons. The molecule has 3 fully saturated rings. The van der Waals surface area contributed by atoms with Crippen molar-refractivity contribution in [3.05, 3.63) is 61.2 Å². The van der Waals surface area contributed by atoms with Crippen LogP contribution in [-0.4, -0.2) is 93.0 Å². The van der Waals surface area contributed by atoms with Crippen LogP contribution < -0.4 is 5.32 Å². The van der Waals surface area contributed by atoms with E-state index in [0.29, 0.717) is 37.9 Å². The summed E-state index contributed by atoms with van der Waals surface area (Å²) in [6.07, 6.45) is 5.21. The van der Waals surface area contributed by atoms with E-state index in [-0.39, 0.29) is 41.5 Å². The molecule has 0 aliphatic carbocycles. The lowest BCUT2D eigenvalue weighted by molar-refractivity contribution is -0.163. The summed E-state index contributed by atoms with van der Waals surface area (Å²) in [5.74, 6) is -3.59. The Labute approximate surface area is 293 Å². The number of amides is 3. The highest BCUT2D eigenvalue weighted by atomic mass is 79.9. The Hall–Kier alpha value is -3.02. The van der Waals surface area contributed by atoms with Crippen molar-refractivity contribution in [2.75, 3.05) is 19.7 Å². The Morgan fingerprint density at radius 3 is 2.52 bits per heavy atom. The van der Waals surface area contributed by atoms with Gasteiger partial charge in [-0.1, -0.05) is 92.0 Å². The zero-order valence-corrected chi connectivity index (χ0v) is 30.3. The molecular weight excluding hydrogens is 678 g/mol. The molecule has 2 bridgehead atoms. The third-order valence-electron chi connectivity index (χ3n) is 10.3. The van der Waals surface area contributed by atoms with Gasteiger partial charge in [0, 0.05) is 24.3 Å². The third kappa shape index (κ3) is 7.28. The van der Waals surface area contributed by atoms with E-state index in [4.69, 9.17) is 9.47 Å². The predicted molar refractivity (Wildman–Crippen MR) is 187 cm³/mol. The fourth-order valence-corrected chi connectivity index (χ4v) is 8.64. The number of carbonyl (C=O) groups is 4. The number of esters is 1. The standard InChI is InChI=1S/C37H52BrN3O7/c1-7-11-18-28(43)39-24(6)31(25-16-14-13-15-17-25)47-36(46)29-30-34(44)41(27(22-42)23(5)10-4)33(37(30)21-26(38)32(29)48-37)35(45)40(19-9-3)20-12-8-2/h7,9,13-17,23-24,26-27,29-33,42H,1,3,8,10-12,18-22H2,2,4-6H3,(H,39,43)/t23-,24-,26?,27-,29-,30+,31-,32-,33-,37+/m0/s1. The summed E-state index contributed by atoms with van der Waals surface area (Å²) >= 11 is 3.74. The number of hydrogen-bond donors (Lipinski definition) is 2. The van der Waals surface area contributed by atoms with Gasteiger partial charge < -0.3 is 29.7 Å². The third-order valence-corrected chi connectivity index (χ3v) is 11.2. The van der Waals surface area contributed by atoms with E-state index in [1.165, 1.54) is 4.90 Å². The summed E-state index contributed by atoms with van der Waals surface area (Å²) in [7, 11) is 0. The van der Waals surface area contributed by atoms with E-state index >= 15 is 0 Å². The van der Waals surface area contributed by atoms with E-state index in [1.807, 2.05) is 51.1 Å². The summed E-state index contributed by atoms with van der Waals surface area (Å²) in [5.41, 5.74) is -0.604. The first-order valence-corrected chi connectivity index (χ1v) is 18.2. The monoisotopic (exact) mass is 729 g/mol. The highest BCUT2D eigenvalue weighted by Gasteiger charge is 2.77. The molecule has 0 aromatic heterocycles. The van der Waals surface area contributed by atoms with Crippen LogP contribution in [0, 0.1) is 17.8 Å². The Kier molecular flexibility index (Phi) is 13.1. The second kappa shape index (κ2) is 16.6. The summed E-state index contributed by atoms with van der Waals surface area (Å²) in [6.45, 7) is 15.7. The van der Waals surface area contributed by atoms with Crippen LogP contribution in [0.15, 0.2) is 55.6 Å². The van der Waals surface area contributed by atoms with Gasteiger partial charge in [-0.15, -0.1) is 13.2 Å². The van der Waals surface area contributed by atoms with E-state index < -0.39 is 53.7 Å². The number of allylic oxidation sites excluding steroid dienone is 1. The fourth-order valence-electron chi connectivity index (χ4n) is 7.70. The van der Waals surface area contributed by atoms with E-state index in [2.05, 4.69) is 34.4 Å². The molecule has 2 N–H and O–H groups in total. The van der Waals surface area contributed by atoms with Crippen LogP contribution in [0.2, 0.25) is 0 Å². The zero-order chi connectivity index (χ0) is 35.2. The normalized spacial score (nSPS) is 28.2. The molecule has 1 aromatic rings. The highest BCUT2D eigenvalue weighted by molar-refractivity contribution is 9.09. The molecule has 10 atom stereocenters. The summed E-state index contributed by atoms with van der Waals surface area (Å²) < 4.78 is 13.0. The molecule has 264 valence electrons. The lowest BCUT2D eigenvalue weighted by Gasteiger charge is -2.41. The van der Waals surface area contributed by atoms with Gasteiger partial charge in [-0.05, 0) is 37.7 Å². The van der Waals surface area contributed by atoms with Gasteiger partial charge in [-0.3, -0.25) is 19.2 Å². The number of hydrogen-bond acceptors (Lipinski definition) is 7. The van der Waals surface area contributed by atoms with Crippen LogP contribution in [0.25, 0.3) is 0 Å². The molecule has 3 aliphatic heterocycles. The number of rotatable bonds is 18. The molecule has 3 amide bonds. The number of ether oxygens (including phenoxy) is 2. The quantitative estimate of drug-likeness (QED) is 0.127. The number of benzene rings is 1. The van der Waals surface area contributed by atoms with Gasteiger partial charge in [0.2, 0.25) is 17.7 Å². The van der Waals surface area contributed by atoms with Crippen LogP contribution >= 0.6 is 15.9 Å². The lowest BCUT2D eigenvalue weighted by atomic mass is 9.70. The maximum absolute atomic E-state index is 14.7. The lowest BCUT2D eigenvalue weighted by Crippen LogP contribution is -2.60. The van der Waals surface area contributed by atoms with Crippen molar-refractivity contribution in [1.82, 2.24) is 15.1 Å². The first kappa shape index (κ1) is 37.8. The Morgan fingerprint density at radius 1 is 1.21 bits per heavy atom. The topological polar surface area (TPSA) is 125 Å². The maximum Gasteiger partial charge on any atom is 0.313 e. The van der Waals surface area contributed by atoms with Crippen molar-refractivity contribution in [3.8, 4) is 0 Å². The molecule has 3 aliphatic rings. The predicted octanol–water partition coefficient (Wildman–Crippen LogP) is 4.71. The van der Waals surface area contributed by atoms with E-state index in [1.54, 1.807) is 24.0 Å². The van der Waals surface area contributed by atoms with Crippen molar-refractivity contribution in [2.45, 2.75) is 107 Å². The fraction of sp³-hybridized carbons (Fsp3) is 0.622. The van der Waals surface area contributed by atoms with Crippen LogP contribution in [0.1, 0.15) is 77.9 Å². The number of nitrogens with one attached hydrogen (secondary N) is 1. The molecule has 3 saturated heterocycles. The molecule has 1 aromatic carbocycles.